The minimum Gasteiger partial charge on any atom is -0.338 e. The summed E-state index contributed by atoms with van der Waals surface area (Å²) in [4.78, 5) is 11.8. The second-order valence-corrected chi connectivity index (χ2v) is 8.41. The zero-order valence-electron chi connectivity index (χ0n) is 14.9. The van der Waals surface area contributed by atoms with Crippen molar-refractivity contribution in [3.05, 3.63) is 80.4 Å². The second-order valence-electron chi connectivity index (χ2n) is 6.36. The first kappa shape index (κ1) is 18.2. The van der Waals surface area contributed by atoms with Crippen LogP contribution in [0.5, 0.6) is 0 Å². The predicted octanol–water partition coefficient (Wildman–Crippen LogP) is 6.95. The van der Waals surface area contributed by atoms with Crippen molar-refractivity contribution < 1.29 is 0 Å². The van der Waals surface area contributed by atoms with Gasteiger partial charge in [0.25, 0.3) is 0 Å². The monoisotopic (exact) mass is 413 g/mol. The number of anilines is 2. The number of aryl methyl sites for hydroxylation is 2. The zero-order valence-corrected chi connectivity index (χ0v) is 17.2. The van der Waals surface area contributed by atoms with E-state index in [1.54, 1.807) is 23.5 Å². The smallest absolute Gasteiger partial charge is 0.143 e. The Labute approximate surface area is 172 Å². The lowest BCUT2D eigenvalue weighted by Gasteiger charge is -2.11. The third kappa shape index (κ3) is 3.79. The molecule has 4 rings (SSSR count). The van der Waals surface area contributed by atoms with Crippen LogP contribution in [-0.2, 0) is 6.42 Å². The summed E-state index contributed by atoms with van der Waals surface area (Å²) in [5.41, 5.74) is 3.09. The van der Waals surface area contributed by atoms with E-state index in [1.807, 2.05) is 24.3 Å². The molecule has 0 aliphatic carbocycles. The highest BCUT2D eigenvalue weighted by Gasteiger charge is 2.16. The van der Waals surface area contributed by atoms with Gasteiger partial charge in [0, 0.05) is 16.3 Å². The van der Waals surface area contributed by atoms with E-state index in [1.165, 1.54) is 16.0 Å². The number of hydrogen-bond donors (Lipinski definition) is 1. The normalized spacial score (nSPS) is 11.1. The van der Waals surface area contributed by atoms with E-state index in [9.17, 15) is 0 Å². The molecule has 0 aliphatic heterocycles. The van der Waals surface area contributed by atoms with Gasteiger partial charge in [0.15, 0.2) is 0 Å². The van der Waals surface area contributed by atoms with E-state index >= 15 is 0 Å². The van der Waals surface area contributed by atoms with E-state index in [-0.39, 0.29) is 0 Å². The quantitative estimate of drug-likeness (QED) is 0.393. The van der Waals surface area contributed by atoms with Crippen LogP contribution in [0.4, 0.5) is 11.5 Å². The van der Waals surface area contributed by atoms with Gasteiger partial charge < -0.3 is 5.32 Å². The Morgan fingerprint density at radius 1 is 1.00 bits per heavy atom. The minimum absolute atomic E-state index is 0.598. The van der Waals surface area contributed by atoms with Gasteiger partial charge in [-0.1, -0.05) is 53.5 Å². The topological polar surface area (TPSA) is 37.8 Å². The van der Waals surface area contributed by atoms with Gasteiger partial charge >= 0.3 is 0 Å². The predicted molar refractivity (Wildman–Crippen MR) is 116 cm³/mol. The van der Waals surface area contributed by atoms with Crippen molar-refractivity contribution in [1.29, 1.82) is 0 Å². The fourth-order valence-electron chi connectivity index (χ4n) is 2.96. The summed E-state index contributed by atoms with van der Waals surface area (Å²) in [6, 6.07) is 15.6. The highest BCUT2D eigenvalue weighted by Crippen LogP contribution is 2.36. The second kappa shape index (κ2) is 7.47. The van der Waals surface area contributed by atoms with Crippen molar-refractivity contribution in [1.82, 2.24) is 9.97 Å². The summed E-state index contributed by atoms with van der Waals surface area (Å²) in [5, 5.41) is 5.63. The Morgan fingerprint density at radius 3 is 2.56 bits per heavy atom. The maximum Gasteiger partial charge on any atom is 0.143 e. The average molecular weight is 414 g/mol. The van der Waals surface area contributed by atoms with Crippen LogP contribution in [0.25, 0.3) is 10.2 Å². The van der Waals surface area contributed by atoms with E-state index in [0.717, 1.165) is 27.5 Å². The number of halogens is 2. The first-order valence-electron chi connectivity index (χ1n) is 8.54. The van der Waals surface area contributed by atoms with Gasteiger partial charge in [-0.3, -0.25) is 0 Å². The highest BCUT2D eigenvalue weighted by molar-refractivity contribution is 7.18. The van der Waals surface area contributed by atoms with Crippen molar-refractivity contribution in [2.45, 2.75) is 20.3 Å². The van der Waals surface area contributed by atoms with Crippen LogP contribution in [0.3, 0.4) is 0 Å². The maximum atomic E-state index is 6.35. The van der Waals surface area contributed by atoms with Gasteiger partial charge in [0.05, 0.1) is 16.1 Å². The summed E-state index contributed by atoms with van der Waals surface area (Å²) in [6.07, 6.45) is 0.671. The fraction of sp³-hybridized carbons (Fsp3) is 0.143. The van der Waals surface area contributed by atoms with E-state index in [4.69, 9.17) is 33.2 Å². The molecule has 0 fully saturated rings. The number of nitrogens with zero attached hydrogens (tertiary/aromatic N) is 2. The molecule has 2 heterocycles. The van der Waals surface area contributed by atoms with Gasteiger partial charge in [-0.05, 0) is 43.2 Å². The van der Waals surface area contributed by atoms with E-state index in [2.05, 4.69) is 31.3 Å². The molecular formula is C21H17Cl2N3S. The van der Waals surface area contributed by atoms with Gasteiger partial charge in [-0.25, -0.2) is 9.97 Å². The lowest BCUT2D eigenvalue weighted by atomic mass is 10.1. The molecule has 27 heavy (non-hydrogen) atoms. The molecule has 136 valence electrons. The summed E-state index contributed by atoms with van der Waals surface area (Å²) in [5.74, 6) is 1.53. The molecule has 1 N–H and O–H groups in total. The molecule has 0 aliphatic rings. The summed E-state index contributed by atoms with van der Waals surface area (Å²) < 4.78 is 0. The molecule has 6 heteroatoms. The molecule has 2 aromatic carbocycles. The molecule has 3 nitrogen and oxygen atoms in total. The lowest BCUT2D eigenvalue weighted by Crippen LogP contribution is -2.02. The lowest BCUT2D eigenvalue weighted by molar-refractivity contribution is 0.999. The average Bonchev–Trinajstić information content (AvgIpc) is 2.93. The van der Waals surface area contributed by atoms with Gasteiger partial charge in [0.2, 0.25) is 0 Å². The van der Waals surface area contributed by atoms with Crippen molar-refractivity contribution in [3.8, 4) is 0 Å². The molecule has 0 radical (unpaired) electrons. The molecule has 2 aromatic heterocycles. The highest BCUT2D eigenvalue weighted by atomic mass is 35.5. The molecule has 0 unspecified atom stereocenters. The number of fused-ring (bicyclic) bond motifs is 1. The van der Waals surface area contributed by atoms with Crippen LogP contribution in [0.1, 0.15) is 21.8 Å². The molecule has 0 amide bonds. The van der Waals surface area contributed by atoms with Crippen LogP contribution in [0.2, 0.25) is 10.0 Å². The third-order valence-corrected chi connectivity index (χ3v) is 6.13. The van der Waals surface area contributed by atoms with Crippen LogP contribution >= 0.6 is 34.5 Å². The minimum atomic E-state index is 0.598. The zero-order chi connectivity index (χ0) is 19.0. The van der Waals surface area contributed by atoms with Gasteiger partial charge in [0.1, 0.15) is 16.5 Å². The Hall–Kier alpha value is -2.14. The van der Waals surface area contributed by atoms with Crippen molar-refractivity contribution in [3.63, 3.8) is 0 Å². The van der Waals surface area contributed by atoms with Gasteiger partial charge in [-0.2, -0.15) is 0 Å². The Kier molecular flexibility index (Phi) is 5.04. The number of thiophene rings is 1. The third-order valence-electron chi connectivity index (χ3n) is 4.46. The Balaban J connectivity index is 1.82. The molecule has 0 saturated heterocycles. The van der Waals surface area contributed by atoms with Crippen LogP contribution in [-0.4, -0.2) is 9.97 Å². The largest absolute Gasteiger partial charge is 0.338 e. The van der Waals surface area contributed by atoms with Crippen molar-refractivity contribution in [2.24, 2.45) is 0 Å². The number of rotatable bonds is 4. The Morgan fingerprint density at radius 2 is 1.78 bits per heavy atom. The number of benzene rings is 2. The van der Waals surface area contributed by atoms with Gasteiger partial charge in [-0.15, -0.1) is 11.3 Å². The first-order valence-corrected chi connectivity index (χ1v) is 10.1. The first-order chi connectivity index (χ1) is 13.0. The fourth-order valence-corrected chi connectivity index (χ4v) is 4.35. The summed E-state index contributed by atoms with van der Waals surface area (Å²) >= 11 is 14.2. The van der Waals surface area contributed by atoms with E-state index < -0.39 is 0 Å². The molecule has 0 saturated carbocycles. The van der Waals surface area contributed by atoms with E-state index in [0.29, 0.717) is 16.5 Å². The van der Waals surface area contributed by atoms with Crippen LogP contribution in [0, 0.1) is 13.8 Å². The number of aromatic nitrogens is 2. The summed E-state index contributed by atoms with van der Waals surface area (Å²) in [6.45, 7) is 4.20. The molecule has 0 atom stereocenters. The molecular weight excluding hydrogens is 397 g/mol. The standard InChI is InChI=1S/C21H17Cl2N3S/c1-12-13(2)27-21-19(12)20(24-17-11-15(22)8-9-16(17)23)25-18(26-21)10-14-6-4-3-5-7-14/h3-9,11H,10H2,1-2H3,(H,24,25,26). The number of hydrogen-bond acceptors (Lipinski definition) is 4. The van der Waals surface area contributed by atoms with Crippen molar-refractivity contribution in [2.75, 3.05) is 5.32 Å². The molecule has 0 bridgehead atoms. The number of nitrogens with one attached hydrogen (secondary N) is 1. The summed E-state index contributed by atoms with van der Waals surface area (Å²) in [7, 11) is 0. The van der Waals surface area contributed by atoms with Crippen molar-refractivity contribution >= 4 is 56.3 Å². The Bertz CT molecular complexity index is 1120. The molecule has 4 aromatic rings. The maximum absolute atomic E-state index is 6.35. The van der Waals surface area contributed by atoms with Crippen LogP contribution in [0.15, 0.2) is 48.5 Å². The SMILES string of the molecule is Cc1sc2nc(Cc3ccccc3)nc(Nc3cc(Cl)ccc3Cl)c2c1C. The molecule has 0 spiro atoms. The van der Waals surface area contributed by atoms with Crippen LogP contribution < -0.4 is 5.32 Å².